The highest BCUT2D eigenvalue weighted by molar-refractivity contribution is 7.15. The van der Waals surface area contributed by atoms with Gasteiger partial charge < -0.3 is 9.88 Å². The van der Waals surface area contributed by atoms with E-state index in [0.717, 1.165) is 11.3 Å². The monoisotopic (exact) mass is 379 g/mol. The molecular formula is C13H6ClF4N3O2S. The minimum atomic E-state index is -4.73. The number of nitrogens with one attached hydrogen (secondary N) is 1. The molecule has 0 aromatic carbocycles. The summed E-state index contributed by atoms with van der Waals surface area (Å²) >= 11 is 6.47. The Labute approximate surface area is 140 Å². The lowest BCUT2D eigenvalue weighted by atomic mass is 10.3. The number of halogens is 5. The predicted octanol–water partition coefficient (Wildman–Crippen LogP) is 3.39. The van der Waals surface area contributed by atoms with Crippen LogP contribution >= 0.6 is 22.9 Å². The van der Waals surface area contributed by atoms with E-state index in [-0.39, 0.29) is 25.0 Å². The van der Waals surface area contributed by atoms with Gasteiger partial charge in [-0.25, -0.2) is 4.39 Å². The highest BCUT2D eigenvalue weighted by Gasteiger charge is 2.29. The molecule has 1 N–H and O–H groups in total. The zero-order chi connectivity index (χ0) is 18.1. The summed E-state index contributed by atoms with van der Waals surface area (Å²) in [6, 6.07) is 3.56. The summed E-state index contributed by atoms with van der Waals surface area (Å²) in [7, 11) is 0. The zero-order valence-corrected chi connectivity index (χ0v) is 13.0. The smallest absolute Gasteiger partial charge is 0.320 e. The lowest BCUT2D eigenvalue weighted by Crippen LogP contribution is -2.30. The number of amides is 1. The van der Waals surface area contributed by atoms with Gasteiger partial charge in [-0.15, -0.1) is 11.3 Å². The summed E-state index contributed by atoms with van der Waals surface area (Å²) in [5.41, 5.74) is -1.80. The maximum atomic E-state index is 13.5. The number of pyridine rings is 1. The maximum absolute atomic E-state index is 13.5. The second kappa shape index (κ2) is 6.62. The number of nitriles is 1. The highest BCUT2D eigenvalue weighted by atomic mass is 35.5. The molecule has 2 aromatic rings. The number of carbonyl (C=O) groups is 1. The summed E-state index contributed by atoms with van der Waals surface area (Å²) in [4.78, 5) is 23.4. The fraction of sp³-hybridized carbons (Fsp3) is 0.154. The van der Waals surface area contributed by atoms with E-state index in [1.165, 1.54) is 6.07 Å². The van der Waals surface area contributed by atoms with Crippen molar-refractivity contribution >= 4 is 34.5 Å². The van der Waals surface area contributed by atoms with Gasteiger partial charge in [0.15, 0.2) is 5.82 Å². The summed E-state index contributed by atoms with van der Waals surface area (Å²) in [6.07, 6.45) is -4.06. The molecule has 0 radical (unpaired) electrons. The standard InChI is InChI=1S/C13H6ClF4N3O2S/c14-7-2-9(24-10(7)3-19)11(22)20-6-1-8(15)12(23)21(4-6)5-13(16,17)18/h1-2,4H,5H2,(H,20,22). The van der Waals surface area contributed by atoms with Crippen LogP contribution in [0.1, 0.15) is 14.5 Å². The molecule has 0 unspecified atom stereocenters. The minimum absolute atomic E-state index is 0.00512. The van der Waals surface area contributed by atoms with Crippen molar-refractivity contribution in [1.29, 1.82) is 5.26 Å². The third-order valence-electron chi connectivity index (χ3n) is 2.66. The van der Waals surface area contributed by atoms with Gasteiger partial charge in [-0.05, 0) is 6.07 Å². The molecule has 5 nitrogen and oxygen atoms in total. The molecule has 0 saturated carbocycles. The van der Waals surface area contributed by atoms with Gasteiger partial charge >= 0.3 is 6.18 Å². The van der Waals surface area contributed by atoms with Crippen LogP contribution in [-0.2, 0) is 6.54 Å². The number of nitrogens with zero attached hydrogens (tertiary/aromatic N) is 2. The van der Waals surface area contributed by atoms with Crippen molar-refractivity contribution < 1.29 is 22.4 Å². The van der Waals surface area contributed by atoms with Crippen molar-refractivity contribution in [2.45, 2.75) is 12.7 Å². The van der Waals surface area contributed by atoms with Crippen LogP contribution in [0, 0.1) is 17.1 Å². The van der Waals surface area contributed by atoms with E-state index in [4.69, 9.17) is 16.9 Å². The van der Waals surface area contributed by atoms with Gasteiger partial charge in [0.2, 0.25) is 0 Å². The van der Waals surface area contributed by atoms with Crippen molar-refractivity contribution in [2.75, 3.05) is 5.32 Å². The Bertz CT molecular complexity index is 898. The van der Waals surface area contributed by atoms with Crippen molar-refractivity contribution in [3.05, 3.63) is 49.3 Å². The number of aromatic nitrogens is 1. The van der Waals surface area contributed by atoms with E-state index < -0.39 is 30.0 Å². The second-order valence-electron chi connectivity index (χ2n) is 4.48. The Kier molecular flexibility index (Phi) is 4.96. The topological polar surface area (TPSA) is 74.9 Å². The maximum Gasteiger partial charge on any atom is 0.406 e. The molecule has 11 heteroatoms. The van der Waals surface area contributed by atoms with Gasteiger partial charge in [0.05, 0.1) is 15.6 Å². The van der Waals surface area contributed by atoms with Crippen LogP contribution in [0.15, 0.2) is 23.1 Å². The van der Waals surface area contributed by atoms with Crippen LogP contribution in [0.4, 0.5) is 23.2 Å². The van der Waals surface area contributed by atoms with Crippen molar-refractivity contribution in [3.63, 3.8) is 0 Å². The first kappa shape index (κ1) is 18.0. The molecule has 0 saturated heterocycles. The fourth-order valence-corrected chi connectivity index (χ4v) is 2.80. The van der Waals surface area contributed by atoms with E-state index in [9.17, 15) is 27.2 Å². The molecule has 0 atom stereocenters. The van der Waals surface area contributed by atoms with Gasteiger partial charge in [0, 0.05) is 12.3 Å². The molecule has 24 heavy (non-hydrogen) atoms. The Morgan fingerprint density at radius 2 is 2.08 bits per heavy atom. The van der Waals surface area contributed by atoms with E-state index in [1.807, 2.05) is 0 Å². The zero-order valence-electron chi connectivity index (χ0n) is 11.4. The van der Waals surface area contributed by atoms with Crippen LogP contribution in [0.25, 0.3) is 0 Å². The Hall–Kier alpha value is -2.38. The summed E-state index contributed by atoms with van der Waals surface area (Å²) < 4.78 is 50.7. The van der Waals surface area contributed by atoms with Crippen molar-refractivity contribution in [2.24, 2.45) is 0 Å². The van der Waals surface area contributed by atoms with Crippen molar-refractivity contribution in [1.82, 2.24) is 4.57 Å². The molecule has 0 spiro atoms. The Balaban J connectivity index is 2.31. The molecule has 0 bridgehead atoms. The predicted molar refractivity (Wildman–Crippen MR) is 78.7 cm³/mol. The van der Waals surface area contributed by atoms with E-state index in [2.05, 4.69) is 5.32 Å². The molecule has 0 aliphatic heterocycles. The van der Waals surface area contributed by atoms with Crippen molar-refractivity contribution in [3.8, 4) is 6.07 Å². The third kappa shape index (κ3) is 4.12. The fourth-order valence-electron chi connectivity index (χ4n) is 1.73. The second-order valence-corrected chi connectivity index (χ2v) is 5.94. The van der Waals surface area contributed by atoms with Crippen LogP contribution < -0.4 is 10.9 Å². The lowest BCUT2D eigenvalue weighted by molar-refractivity contribution is -0.141. The van der Waals surface area contributed by atoms with Gasteiger partial charge in [-0.2, -0.15) is 18.4 Å². The average molecular weight is 380 g/mol. The first-order valence-electron chi connectivity index (χ1n) is 6.08. The summed E-state index contributed by atoms with van der Waals surface area (Å²) in [5, 5.41) is 11.0. The molecular weight excluding hydrogens is 374 g/mol. The number of hydrogen-bond acceptors (Lipinski definition) is 4. The van der Waals surface area contributed by atoms with Gasteiger partial charge in [-0.3, -0.25) is 9.59 Å². The quantitative estimate of drug-likeness (QED) is 0.831. The summed E-state index contributed by atoms with van der Waals surface area (Å²) in [6.45, 7) is -1.70. The lowest BCUT2D eigenvalue weighted by Gasteiger charge is -2.11. The van der Waals surface area contributed by atoms with E-state index in [1.54, 1.807) is 6.07 Å². The first-order chi connectivity index (χ1) is 11.1. The summed E-state index contributed by atoms with van der Waals surface area (Å²) in [5.74, 6) is -2.25. The number of anilines is 1. The van der Waals surface area contributed by atoms with Gasteiger partial charge in [0.1, 0.15) is 17.5 Å². The number of alkyl halides is 3. The van der Waals surface area contributed by atoms with Crippen LogP contribution in [0.3, 0.4) is 0 Å². The highest BCUT2D eigenvalue weighted by Crippen LogP contribution is 2.27. The van der Waals surface area contributed by atoms with E-state index in [0.29, 0.717) is 12.3 Å². The molecule has 1 amide bonds. The Morgan fingerprint density at radius 1 is 1.42 bits per heavy atom. The normalized spacial score (nSPS) is 11.2. The van der Waals surface area contributed by atoms with Gasteiger partial charge in [0.25, 0.3) is 11.5 Å². The molecule has 0 fully saturated rings. The first-order valence-corrected chi connectivity index (χ1v) is 7.27. The molecule has 2 heterocycles. The number of thiophene rings is 1. The largest absolute Gasteiger partial charge is 0.406 e. The SMILES string of the molecule is N#Cc1sc(C(=O)Nc2cc(F)c(=O)n(CC(F)(F)F)c2)cc1Cl. The average Bonchev–Trinajstić information content (AvgIpc) is 2.84. The molecule has 126 valence electrons. The minimum Gasteiger partial charge on any atom is -0.320 e. The van der Waals surface area contributed by atoms with Crippen LogP contribution in [0.5, 0.6) is 0 Å². The number of rotatable bonds is 3. The molecule has 2 rings (SSSR count). The van der Waals surface area contributed by atoms with Crippen LogP contribution in [0.2, 0.25) is 5.02 Å². The third-order valence-corrected chi connectivity index (χ3v) is 4.11. The molecule has 0 aliphatic rings. The number of hydrogen-bond donors (Lipinski definition) is 1. The van der Waals surface area contributed by atoms with E-state index >= 15 is 0 Å². The molecule has 0 aliphatic carbocycles. The number of carbonyl (C=O) groups excluding carboxylic acids is 1. The van der Waals surface area contributed by atoms with Gasteiger partial charge in [-0.1, -0.05) is 11.6 Å². The molecule has 2 aromatic heterocycles. The Morgan fingerprint density at radius 3 is 2.62 bits per heavy atom. The van der Waals surface area contributed by atoms with Crippen LogP contribution in [-0.4, -0.2) is 16.7 Å².